The summed E-state index contributed by atoms with van der Waals surface area (Å²) in [6.07, 6.45) is -2.90. The molecule has 0 aliphatic heterocycles. The van der Waals surface area contributed by atoms with Crippen LogP contribution in [0.4, 0.5) is 18.9 Å². The lowest BCUT2D eigenvalue weighted by Crippen LogP contribution is -2.07. The molecule has 0 radical (unpaired) electrons. The van der Waals surface area contributed by atoms with Gasteiger partial charge in [0, 0.05) is 17.5 Å². The van der Waals surface area contributed by atoms with Crippen molar-refractivity contribution in [1.82, 2.24) is 9.78 Å². The van der Waals surface area contributed by atoms with Crippen LogP contribution in [0.25, 0.3) is 16.9 Å². The van der Waals surface area contributed by atoms with Crippen LogP contribution in [-0.2, 0) is 20.8 Å². The number of hydrogen-bond acceptors (Lipinski definition) is 5. The quantitative estimate of drug-likeness (QED) is 0.613. The van der Waals surface area contributed by atoms with Gasteiger partial charge in [-0.3, -0.25) is 0 Å². The fourth-order valence-electron chi connectivity index (χ4n) is 2.67. The van der Waals surface area contributed by atoms with E-state index >= 15 is 0 Å². The van der Waals surface area contributed by atoms with Crippen molar-refractivity contribution in [3.05, 3.63) is 60.3 Å². The summed E-state index contributed by atoms with van der Waals surface area (Å²) in [6, 6.07) is 12.8. The third kappa shape index (κ3) is 4.65. The maximum absolute atomic E-state index is 13.2. The fourth-order valence-corrected chi connectivity index (χ4v) is 3.31. The SMILES string of the molecule is CS(=O)(=O)c1ccc(-c2cc(C(F)(F)F)nn2-c2ccc(NCC=O)cc2)cc1. The zero-order valence-electron chi connectivity index (χ0n) is 15.1. The van der Waals surface area contributed by atoms with Gasteiger partial charge in [-0.2, -0.15) is 18.3 Å². The zero-order chi connectivity index (χ0) is 21.2. The highest BCUT2D eigenvalue weighted by Gasteiger charge is 2.35. The van der Waals surface area contributed by atoms with E-state index in [1.54, 1.807) is 24.3 Å². The molecule has 0 amide bonds. The Hall–Kier alpha value is -3.14. The Labute approximate surface area is 164 Å². The Kier molecular flexibility index (Phi) is 5.47. The first-order valence-electron chi connectivity index (χ1n) is 8.35. The van der Waals surface area contributed by atoms with Crippen LogP contribution in [0.15, 0.2) is 59.5 Å². The molecule has 10 heteroatoms. The number of hydrogen-bond donors (Lipinski definition) is 1. The Morgan fingerprint density at radius 1 is 1.07 bits per heavy atom. The second-order valence-corrected chi connectivity index (χ2v) is 8.23. The number of anilines is 1. The van der Waals surface area contributed by atoms with Crippen molar-refractivity contribution in [3.8, 4) is 16.9 Å². The molecule has 0 spiro atoms. The lowest BCUT2D eigenvalue weighted by atomic mass is 10.1. The fraction of sp³-hybridized carbons (Fsp3) is 0.158. The lowest BCUT2D eigenvalue weighted by molar-refractivity contribution is -0.141. The molecule has 6 nitrogen and oxygen atoms in total. The number of carbonyl (C=O) groups excluding carboxylic acids is 1. The molecule has 1 heterocycles. The summed E-state index contributed by atoms with van der Waals surface area (Å²) >= 11 is 0. The monoisotopic (exact) mass is 423 g/mol. The highest BCUT2D eigenvalue weighted by atomic mass is 32.2. The van der Waals surface area contributed by atoms with Gasteiger partial charge in [0.15, 0.2) is 15.5 Å². The van der Waals surface area contributed by atoms with Crippen molar-refractivity contribution >= 4 is 21.8 Å². The molecule has 0 saturated heterocycles. The average molecular weight is 423 g/mol. The van der Waals surface area contributed by atoms with E-state index in [4.69, 9.17) is 0 Å². The minimum atomic E-state index is -4.64. The number of nitrogens with zero attached hydrogens (tertiary/aromatic N) is 2. The standard InChI is InChI=1S/C19H16F3N3O3S/c1-29(27,28)16-8-2-13(3-9-16)17-12-18(19(20,21)22)24-25(17)15-6-4-14(5-7-15)23-10-11-26/h2-9,11-12,23H,10H2,1H3. The van der Waals surface area contributed by atoms with E-state index in [0.717, 1.165) is 17.0 Å². The smallest absolute Gasteiger partial charge is 0.378 e. The summed E-state index contributed by atoms with van der Waals surface area (Å²) in [6.45, 7) is 0.108. The largest absolute Gasteiger partial charge is 0.435 e. The first-order chi connectivity index (χ1) is 13.6. The number of nitrogens with one attached hydrogen (secondary N) is 1. The van der Waals surface area contributed by atoms with E-state index in [1.165, 1.54) is 24.3 Å². The minimum Gasteiger partial charge on any atom is -0.378 e. The number of sulfone groups is 1. The molecule has 152 valence electrons. The number of alkyl halides is 3. The van der Waals surface area contributed by atoms with E-state index < -0.39 is 21.7 Å². The zero-order valence-corrected chi connectivity index (χ0v) is 16.0. The summed E-state index contributed by atoms with van der Waals surface area (Å²) in [5, 5.41) is 6.52. The molecule has 0 atom stereocenters. The van der Waals surface area contributed by atoms with Gasteiger partial charge < -0.3 is 10.1 Å². The van der Waals surface area contributed by atoms with Crippen LogP contribution >= 0.6 is 0 Å². The van der Waals surface area contributed by atoms with Crippen molar-refractivity contribution in [3.63, 3.8) is 0 Å². The van der Waals surface area contributed by atoms with Crippen LogP contribution in [0.3, 0.4) is 0 Å². The van der Waals surface area contributed by atoms with Crippen LogP contribution in [-0.4, -0.2) is 37.3 Å². The van der Waals surface area contributed by atoms with Gasteiger partial charge >= 0.3 is 6.18 Å². The van der Waals surface area contributed by atoms with Gasteiger partial charge in [-0.05, 0) is 42.5 Å². The molecule has 1 N–H and O–H groups in total. The molecular formula is C19H16F3N3O3S. The Morgan fingerprint density at radius 2 is 1.69 bits per heavy atom. The van der Waals surface area contributed by atoms with Crippen LogP contribution in [0.2, 0.25) is 0 Å². The average Bonchev–Trinajstić information content (AvgIpc) is 3.12. The maximum atomic E-state index is 13.2. The molecule has 0 unspecified atom stereocenters. The summed E-state index contributed by atoms with van der Waals surface area (Å²) in [4.78, 5) is 10.5. The molecule has 3 rings (SSSR count). The van der Waals surface area contributed by atoms with E-state index in [2.05, 4.69) is 10.4 Å². The molecule has 1 aromatic heterocycles. The predicted octanol–water partition coefficient (Wildman–Crippen LogP) is 3.57. The minimum absolute atomic E-state index is 0.0639. The number of benzene rings is 2. The molecule has 0 fully saturated rings. The Balaban J connectivity index is 2.07. The van der Waals surface area contributed by atoms with E-state index in [9.17, 15) is 26.4 Å². The summed E-state index contributed by atoms with van der Waals surface area (Å²) in [5.41, 5.74) is 0.472. The van der Waals surface area contributed by atoms with Gasteiger partial charge in [0.1, 0.15) is 6.29 Å². The predicted molar refractivity (Wildman–Crippen MR) is 102 cm³/mol. The highest BCUT2D eigenvalue weighted by molar-refractivity contribution is 7.90. The number of halogens is 3. The van der Waals surface area contributed by atoms with Crippen LogP contribution in [0.5, 0.6) is 0 Å². The van der Waals surface area contributed by atoms with E-state index in [0.29, 0.717) is 23.2 Å². The van der Waals surface area contributed by atoms with Crippen LogP contribution in [0.1, 0.15) is 5.69 Å². The second-order valence-electron chi connectivity index (χ2n) is 6.22. The summed E-state index contributed by atoms with van der Waals surface area (Å²) in [7, 11) is -3.43. The van der Waals surface area contributed by atoms with Crippen molar-refractivity contribution in [2.75, 3.05) is 18.1 Å². The molecular weight excluding hydrogens is 407 g/mol. The number of rotatable bonds is 6. The first kappa shape index (κ1) is 20.6. The molecule has 29 heavy (non-hydrogen) atoms. The highest BCUT2D eigenvalue weighted by Crippen LogP contribution is 2.33. The molecule has 0 aliphatic carbocycles. The maximum Gasteiger partial charge on any atom is 0.435 e. The van der Waals surface area contributed by atoms with Crippen molar-refractivity contribution in [1.29, 1.82) is 0 Å². The third-order valence-corrected chi connectivity index (χ3v) is 5.21. The molecule has 0 aliphatic rings. The van der Waals surface area contributed by atoms with Gasteiger partial charge in [-0.15, -0.1) is 0 Å². The normalized spacial score (nSPS) is 12.0. The number of aldehydes is 1. The Morgan fingerprint density at radius 3 is 2.21 bits per heavy atom. The van der Waals surface area contributed by atoms with Crippen molar-refractivity contribution < 1.29 is 26.4 Å². The summed E-state index contributed by atoms with van der Waals surface area (Å²) in [5.74, 6) is 0. The second kappa shape index (κ2) is 7.70. The third-order valence-electron chi connectivity index (χ3n) is 4.08. The van der Waals surface area contributed by atoms with Crippen molar-refractivity contribution in [2.24, 2.45) is 0 Å². The molecule has 2 aromatic carbocycles. The van der Waals surface area contributed by atoms with Gasteiger partial charge in [0.05, 0.1) is 22.8 Å². The van der Waals surface area contributed by atoms with Gasteiger partial charge in [-0.1, -0.05) is 12.1 Å². The van der Waals surface area contributed by atoms with E-state index in [1.807, 2.05) is 0 Å². The van der Waals surface area contributed by atoms with Crippen LogP contribution < -0.4 is 5.32 Å². The lowest BCUT2D eigenvalue weighted by Gasteiger charge is -2.10. The molecule has 3 aromatic rings. The van der Waals surface area contributed by atoms with E-state index in [-0.39, 0.29) is 17.1 Å². The molecule has 0 saturated carbocycles. The van der Waals surface area contributed by atoms with Crippen LogP contribution in [0, 0.1) is 0 Å². The van der Waals surface area contributed by atoms with Crippen molar-refractivity contribution in [2.45, 2.75) is 11.1 Å². The first-order valence-corrected chi connectivity index (χ1v) is 10.2. The Bertz CT molecular complexity index is 1120. The topological polar surface area (TPSA) is 81.1 Å². The summed E-state index contributed by atoms with van der Waals surface area (Å²) < 4.78 is 64.1. The van der Waals surface area contributed by atoms with Gasteiger partial charge in [0.25, 0.3) is 0 Å². The molecule has 0 bridgehead atoms. The number of aromatic nitrogens is 2. The van der Waals surface area contributed by atoms with Gasteiger partial charge in [-0.25, -0.2) is 13.1 Å². The number of carbonyl (C=O) groups is 1. The van der Waals surface area contributed by atoms with Gasteiger partial charge in [0.2, 0.25) is 0 Å².